The van der Waals surface area contributed by atoms with Gasteiger partial charge in [-0.3, -0.25) is 9.56 Å². The van der Waals surface area contributed by atoms with Gasteiger partial charge in [-0.05, 0) is 66.0 Å². The van der Waals surface area contributed by atoms with Gasteiger partial charge in [0.05, 0.1) is 26.9 Å². The fourth-order valence-electron chi connectivity index (χ4n) is 5.46. The molecule has 13 heteroatoms. The highest BCUT2D eigenvalue weighted by molar-refractivity contribution is 8.14. The lowest BCUT2D eigenvalue weighted by Crippen LogP contribution is -2.19. The molecule has 0 spiro atoms. The first-order chi connectivity index (χ1) is 20.4. The number of benzene rings is 1. The number of thioether (sulfide) groups is 1. The van der Waals surface area contributed by atoms with Crippen LogP contribution in [-0.2, 0) is 14.6 Å². The number of anilines is 4. The molecule has 0 radical (unpaired) electrons. The maximum absolute atomic E-state index is 13.1. The van der Waals surface area contributed by atoms with Crippen molar-refractivity contribution in [1.82, 2.24) is 24.5 Å². The molecule has 0 bridgehead atoms. The first-order valence-corrected chi connectivity index (χ1v) is 17.2. The average molecular weight is 621 g/mol. The fraction of sp³-hybridized carbons (Fsp3) is 0.433. The summed E-state index contributed by atoms with van der Waals surface area (Å²) in [5.74, 6) is 3.39. The van der Waals surface area contributed by atoms with Crippen LogP contribution in [-0.4, -0.2) is 62.1 Å². The van der Waals surface area contributed by atoms with E-state index in [1.54, 1.807) is 23.9 Å². The number of aryl methyl sites for hydroxylation is 3. The third-order valence-electron chi connectivity index (χ3n) is 7.35. The number of imidazole rings is 1. The summed E-state index contributed by atoms with van der Waals surface area (Å²) >= 11 is 1.64. The Balaban J connectivity index is 1.47. The summed E-state index contributed by atoms with van der Waals surface area (Å²) in [4.78, 5) is 23.7. The molecular weight excluding hydrogens is 585 g/mol. The van der Waals surface area contributed by atoms with E-state index < -0.39 is 9.84 Å². The van der Waals surface area contributed by atoms with Crippen molar-refractivity contribution in [3.63, 3.8) is 0 Å². The number of rotatable bonds is 7. The summed E-state index contributed by atoms with van der Waals surface area (Å²) < 4.78 is 34.3. The number of nitrogens with zero attached hydrogens (tertiary/aromatic N) is 6. The molecule has 2 aliphatic rings. The monoisotopic (exact) mass is 620 g/mol. The van der Waals surface area contributed by atoms with E-state index in [0.29, 0.717) is 46.6 Å². The van der Waals surface area contributed by atoms with Gasteiger partial charge in [-0.25, -0.2) is 28.4 Å². The molecule has 5 heterocycles. The Morgan fingerprint density at radius 1 is 0.977 bits per heavy atom. The zero-order valence-corrected chi connectivity index (χ0v) is 26.9. The summed E-state index contributed by atoms with van der Waals surface area (Å²) in [6.45, 7) is 10.5. The summed E-state index contributed by atoms with van der Waals surface area (Å²) in [5, 5.41) is 7.56. The van der Waals surface area contributed by atoms with Crippen molar-refractivity contribution in [2.45, 2.75) is 70.5 Å². The van der Waals surface area contributed by atoms with E-state index in [2.05, 4.69) is 34.4 Å². The minimum Gasteiger partial charge on any atom is -0.358 e. The Morgan fingerprint density at radius 3 is 2.44 bits per heavy atom. The van der Waals surface area contributed by atoms with Crippen LogP contribution in [0, 0.1) is 20.8 Å². The topological polar surface area (TPSA) is 136 Å². The van der Waals surface area contributed by atoms with Crippen molar-refractivity contribution in [2.24, 2.45) is 4.99 Å². The maximum atomic E-state index is 13.1. The van der Waals surface area contributed by atoms with Crippen LogP contribution < -0.4 is 10.6 Å². The first kappa shape index (κ1) is 29.5. The molecule has 43 heavy (non-hydrogen) atoms. The largest absolute Gasteiger partial charge is 0.358 e. The van der Waals surface area contributed by atoms with E-state index >= 15 is 0 Å². The normalized spacial score (nSPS) is 18.6. The highest BCUT2D eigenvalue weighted by Gasteiger charge is 2.28. The van der Waals surface area contributed by atoms with Crippen LogP contribution in [0.3, 0.4) is 0 Å². The molecule has 1 atom stereocenters. The van der Waals surface area contributed by atoms with Gasteiger partial charge in [0.15, 0.2) is 15.5 Å². The summed E-state index contributed by atoms with van der Waals surface area (Å²) in [6.07, 6.45) is 3.97. The lowest BCUT2D eigenvalue weighted by molar-refractivity contribution is -0.0308. The maximum Gasteiger partial charge on any atom is 0.177 e. The van der Waals surface area contributed by atoms with Crippen LogP contribution in [0.4, 0.5) is 23.0 Å². The predicted molar refractivity (Wildman–Crippen MR) is 172 cm³/mol. The number of hydrogen-bond donors (Lipinski definition) is 2. The molecule has 1 fully saturated rings. The lowest BCUT2D eigenvalue weighted by Gasteiger charge is -2.25. The molecule has 2 aliphatic heterocycles. The Bertz CT molecular complexity index is 1840. The highest BCUT2D eigenvalue weighted by Crippen LogP contribution is 2.37. The number of fused-ring (bicyclic) bond motifs is 1. The van der Waals surface area contributed by atoms with E-state index in [1.165, 1.54) is 6.26 Å². The van der Waals surface area contributed by atoms with Crippen molar-refractivity contribution < 1.29 is 13.2 Å². The second-order valence-corrected chi connectivity index (χ2v) is 14.7. The van der Waals surface area contributed by atoms with Crippen molar-refractivity contribution in [3.8, 4) is 0 Å². The van der Waals surface area contributed by atoms with Gasteiger partial charge in [0.2, 0.25) is 0 Å². The second kappa shape index (κ2) is 11.2. The number of aliphatic imine (C=N–C) groups is 1. The number of pyridine rings is 1. The molecule has 3 aromatic heterocycles. The molecule has 0 amide bonds. The zero-order valence-electron chi connectivity index (χ0n) is 25.2. The van der Waals surface area contributed by atoms with Gasteiger partial charge in [0.1, 0.15) is 35.0 Å². The van der Waals surface area contributed by atoms with Crippen LogP contribution >= 0.6 is 11.8 Å². The van der Waals surface area contributed by atoms with Crippen LogP contribution in [0.1, 0.15) is 62.2 Å². The quantitative estimate of drug-likeness (QED) is 0.253. The van der Waals surface area contributed by atoms with Gasteiger partial charge in [-0.15, -0.1) is 11.8 Å². The van der Waals surface area contributed by atoms with E-state index in [-0.39, 0.29) is 16.7 Å². The molecule has 4 aromatic rings. The van der Waals surface area contributed by atoms with Crippen molar-refractivity contribution >= 4 is 60.8 Å². The Hall–Kier alpha value is -3.55. The summed E-state index contributed by atoms with van der Waals surface area (Å²) in [6, 6.07) is 9.09. The van der Waals surface area contributed by atoms with Gasteiger partial charge in [0.25, 0.3) is 0 Å². The number of aromatic nitrogens is 5. The molecule has 1 saturated heterocycles. The van der Waals surface area contributed by atoms with Crippen LogP contribution in [0.2, 0.25) is 0 Å². The van der Waals surface area contributed by atoms with Crippen molar-refractivity contribution in [1.29, 1.82) is 0 Å². The molecule has 1 unspecified atom stereocenters. The SMILES string of the molecule is Cc1cc(Nc2cc(Nc3ccc(C4=NC(C)(C)CS4)cc3S(C)(=O)=O)c3nc(C)n(C4CCCCO4)c3n2)nc(C)n1. The summed E-state index contributed by atoms with van der Waals surface area (Å²) in [7, 11) is -3.60. The lowest BCUT2D eigenvalue weighted by atomic mass is 10.1. The number of sulfone groups is 1. The van der Waals surface area contributed by atoms with Crippen LogP contribution in [0.5, 0.6) is 0 Å². The van der Waals surface area contributed by atoms with Gasteiger partial charge in [-0.1, -0.05) is 6.07 Å². The molecule has 1 aromatic carbocycles. The number of hydrogen-bond acceptors (Lipinski definition) is 11. The molecular formula is C30H36N8O3S2. The zero-order chi connectivity index (χ0) is 30.5. The Kier molecular flexibility index (Phi) is 7.68. The Morgan fingerprint density at radius 2 is 1.77 bits per heavy atom. The van der Waals surface area contributed by atoms with E-state index in [9.17, 15) is 8.42 Å². The van der Waals surface area contributed by atoms with E-state index in [4.69, 9.17) is 19.7 Å². The first-order valence-electron chi connectivity index (χ1n) is 14.3. The van der Waals surface area contributed by atoms with E-state index in [0.717, 1.165) is 47.1 Å². The summed E-state index contributed by atoms with van der Waals surface area (Å²) in [5.41, 5.74) is 3.74. The standard InChI is InChI=1S/C30H36N8O3S2/c1-17-13-24(32-18(2)31-17)35-25-15-22(27-28(36-25)38(19(3)33-27)26-9-7-8-12-41-26)34-21-11-10-20(14-23(21)43(6,39)40)29-37-30(4,5)16-42-29/h10-11,13-15,26H,7-9,12,16H2,1-6H3,(H2,31,32,34,35,36). The minimum absolute atomic E-state index is 0.183. The predicted octanol–water partition coefficient (Wildman–Crippen LogP) is 6.01. The molecule has 0 aliphatic carbocycles. The molecule has 11 nitrogen and oxygen atoms in total. The Labute approximate surface area is 255 Å². The second-order valence-electron chi connectivity index (χ2n) is 11.8. The van der Waals surface area contributed by atoms with Crippen LogP contribution in [0.15, 0.2) is 40.2 Å². The molecule has 226 valence electrons. The molecule has 2 N–H and O–H groups in total. The van der Waals surface area contributed by atoms with Crippen LogP contribution in [0.25, 0.3) is 11.2 Å². The molecule has 0 saturated carbocycles. The van der Waals surface area contributed by atoms with Gasteiger partial charge >= 0.3 is 0 Å². The third-order valence-corrected chi connectivity index (χ3v) is 9.94. The highest BCUT2D eigenvalue weighted by atomic mass is 32.2. The fourth-order valence-corrected chi connectivity index (χ4v) is 7.48. The van der Waals surface area contributed by atoms with Gasteiger partial charge < -0.3 is 15.4 Å². The minimum atomic E-state index is -3.60. The third kappa shape index (κ3) is 6.24. The van der Waals surface area contributed by atoms with Crippen molar-refractivity contribution in [2.75, 3.05) is 29.2 Å². The average Bonchev–Trinajstić information content (AvgIpc) is 3.46. The van der Waals surface area contributed by atoms with Gasteiger partial charge in [0, 0.05) is 42.0 Å². The number of ether oxygens (including phenoxy) is 1. The molecule has 6 rings (SSSR count). The van der Waals surface area contributed by atoms with Crippen molar-refractivity contribution in [3.05, 3.63) is 53.2 Å². The van der Waals surface area contributed by atoms with Gasteiger partial charge in [-0.2, -0.15) is 0 Å². The smallest absolute Gasteiger partial charge is 0.177 e. The number of nitrogens with one attached hydrogen (secondary N) is 2. The van der Waals surface area contributed by atoms with E-state index in [1.807, 2.05) is 43.5 Å².